The van der Waals surface area contributed by atoms with Crippen molar-refractivity contribution in [1.82, 2.24) is 4.81 Å². The van der Waals surface area contributed by atoms with Gasteiger partial charge in [-0.3, -0.25) is 0 Å². The van der Waals surface area contributed by atoms with Crippen LogP contribution < -0.4 is 15.7 Å². The van der Waals surface area contributed by atoms with Crippen molar-refractivity contribution in [3.8, 4) is 11.5 Å². The molecule has 2 nitrogen and oxygen atoms in total. The highest BCUT2D eigenvalue weighted by atomic mass is 16.5. The SMILES string of the molecule is C=Cc1cccc2c1B(N(C=C)C=C)c1c(C=C)cccc1O2. The van der Waals surface area contributed by atoms with Gasteiger partial charge in [0.15, 0.2) is 0 Å². The predicted octanol–water partition coefficient (Wildman–Crippen LogP) is 3.77. The van der Waals surface area contributed by atoms with Crippen molar-refractivity contribution in [1.29, 1.82) is 0 Å². The molecule has 1 aliphatic rings. The number of hydrogen-bond acceptors (Lipinski definition) is 2. The van der Waals surface area contributed by atoms with E-state index in [9.17, 15) is 0 Å². The first kappa shape index (κ1) is 15.0. The molecular formula is C20H18BNO. The summed E-state index contributed by atoms with van der Waals surface area (Å²) in [5.41, 5.74) is 4.18. The molecule has 0 aliphatic carbocycles. The fraction of sp³-hybridized carbons (Fsp3) is 0. The molecule has 0 N–H and O–H groups in total. The molecule has 0 atom stereocenters. The number of rotatable bonds is 5. The third kappa shape index (κ3) is 2.31. The van der Waals surface area contributed by atoms with E-state index in [0.717, 1.165) is 33.6 Å². The Kier molecular flexibility index (Phi) is 3.94. The smallest absolute Gasteiger partial charge is 0.336 e. The van der Waals surface area contributed by atoms with Crippen LogP contribution in [0.5, 0.6) is 11.5 Å². The topological polar surface area (TPSA) is 12.5 Å². The highest BCUT2D eigenvalue weighted by Gasteiger charge is 2.37. The molecule has 0 radical (unpaired) electrons. The maximum Gasteiger partial charge on any atom is 0.336 e. The number of hydrogen-bond donors (Lipinski definition) is 0. The average molecular weight is 299 g/mol. The fourth-order valence-electron chi connectivity index (χ4n) is 3.09. The zero-order valence-corrected chi connectivity index (χ0v) is 13.0. The van der Waals surface area contributed by atoms with Gasteiger partial charge in [0.1, 0.15) is 11.5 Å². The van der Waals surface area contributed by atoms with Gasteiger partial charge in [-0.15, -0.1) is 0 Å². The van der Waals surface area contributed by atoms with E-state index in [-0.39, 0.29) is 6.85 Å². The quantitative estimate of drug-likeness (QED) is 0.779. The van der Waals surface area contributed by atoms with Crippen molar-refractivity contribution in [2.45, 2.75) is 0 Å². The van der Waals surface area contributed by atoms with Crippen molar-refractivity contribution >= 4 is 29.9 Å². The molecule has 23 heavy (non-hydrogen) atoms. The lowest BCUT2D eigenvalue weighted by Crippen LogP contribution is -2.56. The van der Waals surface area contributed by atoms with E-state index in [1.165, 1.54) is 0 Å². The first-order valence-corrected chi connectivity index (χ1v) is 7.46. The van der Waals surface area contributed by atoms with E-state index in [0.29, 0.717) is 0 Å². The Morgan fingerprint density at radius 3 is 1.65 bits per heavy atom. The van der Waals surface area contributed by atoms with Crippen molar-refractivity contribution in [2.75, 3.05) is 0 Å². The number of nitrogens with zero attached hydrogens (tertiary/aromatic N) is 1. The van der Waals surface area contributed by atoms with Gasteiger partial charge in [0.2, 0.25) is 0 Å². The number of ether oxygens (including phenoxy) is 1. The second kappa shape index (κ2) is 6.05. The van der Waals surface area contributed by atoms with Crippen molar-refractivity contribution in [3.63, 3.8) is 0 Å². The van der Waals surface area contributed by atoms with Crippen LogP contribution in [0.4, 0.5) is 0 Å². The molecule has 0 spiro atoms. The van der Waals surface area contributed by atoms with Crippen LogP contribution in [0.3, 0.4) is 0 Å². The lowest BCUT2D eigenvalue weighted by molar-refractivity contribution is 0.485. The van der Waals surface area contributed by atoms with Crippen molar-refractivity contribution in [2.24, 2.45) is 0 Å². The standard InChI is InChI=1S/C20H18BNO/c1-5-15-11-9-13-17-19(15)21(22(7-3)8-4)20-16(6-2)12-10-14-18(20)23-17/h5-14H,1-4H2. The van der Waals surface area contributed by atoms with Crippen molar-refractivity contribution in [3.05, 3.63) is 86.2 Å². The highest BCUT2D eigenvalue weighted by Crippen LogP contribution is 2.28. The largest absolute Gasteiger partial charge is 0.458 e. The summed E-state index contributed by atoms with van der Waals surface area (Å²) < 4.78 is 6.14. The van der Waals surface area contributed by atoms with Gasteiger partial charge >= 0.3 is 6.85 Å². The van der Waals surface area contributed by atoms with Crippen LogP contribution >= 0.6 is 0 Å². The van der Waals surface area contributed by atoms with Gasteiger partial charge in [0.05, 0.1) is 0 Å². The van der Waals surface area contributed by atoms with Gasteiger partial charge < -0.3 is 9.55 Å². The minimum absolute atomic E-state index is 0.0767. The Hall–Kier alpha value is -2.94. The normalized spacial score (nSPS) is 11.6. The monoisotopic (exact) mass is 299 g/mol. The molecule has 3 heteroatoms. The third-order valence-corrected chi connectivity index (χ3v) is 4.13. The lowest BCUT2D eigenvalue weighted by Gasteiger charge is -2.33. The second-order valence-electron chi connectivity index (χ2n) is 5.24. The van der Waals surface area contributed by atoms with Crippen LogP contribution in [-0.4, -0.2) is 11.7 Å². The van der Waals surface area contributed by atoms with Gasteiger partial charge in [-0.1, -0.05) is 62.7 Å². The van der Waals surface area contributed by atoms with E-state index < -0.39 is 0 Å². The molecule has 0 aromatic heterocycles. The summed E-state index contributed by atoms with van der Waals surface area (Å²) in [6, 6.07) is 12.0. The summed E-state index contributed by atoms with van der Waals surface area (Å²) in [5.74, 6) is 1.66. The Bertz CT molecular complexity index is 744. The third-order valence-electron chi connectivity index (χ3n) is 4.13. The van der Waals surface area contributed by atoms with E-state index in [4.69, 9.17) is 4.74 Å². The van der Waals surface area contributed by atoms with Gasteiger partial charge in [0.25, 0.3) is 0 Å². The molecule has 2 aromatic rings. The Morgan fingerprint density at radius 1 is 0.783 bits per heavy atom. The summed E-state index contributed by atoms with van der Waals surface area (Å²) in [6.07, 6.45) is 7.24. The van der Waals surface area contributed by atoms with E-state index in [1.54, 1.807) is 12.4 Å². The number of benzene rings is 2. The van der Waals surface area contributed by atoms with Gasteiger partial charge in [-0.2, -0.15) is 0 Å². The minimum Gasteiger partial charge on any atom is -0.458 e. The summed E-state index contributed by atoms with van der Waals surface area (Å²) >= 11 is 0. The summed E-state index contributed by atoms with van der Waals surface area (Å²) in [7, 11) is 0. The predicted molar refractivity (Wildman–Crippen MR) is 100 cm³/mol. The molecule has 0 saturated carbocycles. The van der Waals surface area contributed by atoms with E-state index in [1.807, 2.05) is 53.4 Å². The Morgan fingerprint density at radius 2 is 1.26 bits per heavy atom. The van der Waals surface area contributed by atoms with Gasteiger partial charge in [-0.25, -0.2) is 0 Å². The maximum atomic E-state index is 6.14. The molecule has 0 amide bonds. The zero-order chi connectivity index (χ0) is 16.4. The maximum absolute atomic E-state index is 6.14. The van der Waals surface area contributed by atoms with Crippen LogP contribution in [-0.2, 0) is 0 Å². The summed E-state index contributed by atoms with van der Waals surface area (Å²) in [5, 5.41) is 0. The van der Waals surface area contributed by atoms with Crippen LogP contribution in [0.15, 0.2) is 75.1 Å². The van der Waals surface area contributed by atoms with Crippen LogP contribution in [0.25, 0.3) is 12.2 Å². The Labute approximate surface area is 137 Å². The zero-order valence-electron chi connectivity index (χ0n) is 13.0. The van der Waals surface area contributed by atoms with Gasteiger partial charge in [0, 0.05) is 0 Å². The molecule has 2 aromatic carbocycles. The summed E-state index contributed by atoms with van der Waals surface area (Å²) in [4.78, 5) is 1.99. The molecule has 1 heterocycles. The first-order valence-electron chi connectivity index (χ1n) is 7.46. The van der Waals surface area contributed by atoms with Crippen LogP contribution in [0.2, 0.25) is 0 Å². The first-order chi connectivity index (χ1) is 11.2. The minimum atomic E-state index is -0.0767. The molecule has 1 aliphatic heterocycles. The van der Waals surface area contributed by atoms with Crippen molar-refractivity contribution < 1.29 is 4.74 Å². The van der Waals surface area contributed by atoms with E-state index >= 15 is 0 Å². The molecular weight excluding hydrogens is 281 g/mol. The summed E-state index contributed by atoms with van der Waals surface area (Å²) in [6.45, 7) is 15.6. The van der Waals surface area contributed by atoms with Gasteiger partial charge in [-0.05, 0) is 46.6 Å². The number of fused-ring (bicyclic) bond motifs is 2. The molecule has 0 fully saturated rings. The molecule has 0 unspecified atom stereocenters. The molecule has 0 saturated heterocycles. The molecule has 3 rings (SSSR count). The average Bonchev–Trinajstić information content (AvgIpc) is 2.60. The second-order valence-corrected chi connectivity index (χ2v) is 5.24. The highest BCUT2D eigenvalue weighted by molar-refractivity contribution is 6.86. The fourth-order valence-corrected chi connectivity index (χ4v) is 3.09. The molecule has 112 valence electrons. The van der Waals surface area contributed by atoms with Crippen LogP contribution in [0, 0.1) is 0 Å². The van der Waals surface area contributed by atoms with Crippen LogP contribution in [0.1, 0.15) is 11.1 Å². The van der Waals surface area contributed by atoms with E-state index in [2.05, 4.69) is 26.3 Å². The Balaban J connectivity index is 2.36. The molecule has 0 bridgehead atoms. The lowest BCUT2D eigenvalue weighted by atomic mass is 9.46.